The molecule has 0 aliphatic heterocycles. The standard InChI is InChI=1S/C9H16N2OS/c1-6-9(11-7(2)13-6)8(12)4-3-5-10/h8,12H,3-5,10H2,1-2H3. The summed E-state index contributed by atoms with van der Waals surface area (Å²) in [6, 6.07) is 0. The Balaban J connectivity index is 2.64. The molecule has 0 fully saturated rings. The minimum absolute atomic E-state index is 0.437. The van der Waals surface area contributed by atoms with Crippen molar-refractivity contribution in [1.29, 1.82) is 0 Å². The number of nitrogens with two attached hydrogens (primary N) is 1. The lowest BCUT2D eigenvalue weighted by Crippen LogP contribution is -2.05. The van der Waals surface area contributed by atoms with Gasteiger partial charge in [-0.3, -0.25) is 0 Å². The third kappa shape index (κ3) is 2.76. The van der Waals surface area contributed by atoms with E-state index in [1.165, 1.54) is 0 Å². The molecule has 1 rings (SSSR count). The van der Waals surface area contributed by atoms with Crippen LogP contribution in [0.25, 0.3) is 0 Å². The number of rotatable bonds is 4. The first-order chi connectivity index (χ1) is 6.15. The molecule has 74 valence electrons. The molecule has 13 heavy (non-hydrogen) atoms. The molecule has 1 atom stereocenters. The third-order valence-corrected chi connectivity index (χ3v) is 2.84. The van der Waals surface area contributed by atoms with Gasteiger partial charge >= 0.3 is 0 Å². The Bertz CT molecular complexity index is 273. The number of thiazole rings is 1. The molecule has 0 radical (unpaired) electrons. The zero-order valence-corrected chi connectivity index (χ0v) is 8.90. The van der Waals surface area contributed by atoms with Crippen LogP contribution in [0.15, 0.2) is 0 Å². The average Bonchev–Trinajstić information content (AvgIpc) is 2.41. The van der Waals surface area contributed by atoms with Gasteiger partial charge in [0.05, 0.1) is 16.8 Å². The first-order valence-corrected chi connectivity index (χ1v) is 5.29. The van der Waals surface area contributed by atoms with Gasteiger partial charge in [0.2, 0.25) is 0 Å². The second-order valence-corrected chi connectivity index (χ2v) is 4.53. The summed E-state index contributed by atoms with van der Waals surface area (Å²) in [5.41, 5.74) is 6.20. The Morgan fingerprint density at radius 3 is 2.69 bits per heavy atom. The van der Waals surface area contributed by atoms with Gasteiger partial charge in [0.15, 0.2) is 0 Å². The smallest absolute Gasteiger partial charge is 0.0971 e. The number of aliphatic hydroxyl groups is 1. The van der Waals surface area contributed by atoms with Crippen molar-refractivity contribution in [2.75, 3.05) is 6.54 Å². The van der Waals surface area contributed by atoms with Crippen molar-refractivity contribution in [3.63, 3.8) is 0 Å². The minimum atomic E-state index is -0.437. The maximum absolute atomic E-state index is 9.73. The second kappa shape index (κ2) is 4.69. The summed E-state index contributed by atoms with van der Waals surface area (Å²) in [6.45, 7) is 4.57. The highest BCUT2D eigenvalue weighted by atomic mass is 32.1. The summed E-state index contributed by atoms with van der Waals surface area (Å²) >= 11 is 1.63. The van der Waals surface area contributed by atoms with Gasteiger partial charge in [-0.1, -0.05) is 0 Å². The third-order valence-electron chi connectivity index (χ3n) is 1.94. The molecule has 0 spiro atoms. The number of nitrogens with zero attached hydrogens (tertiary/aromatic N) is 1. The molecule has 1 aromatic rings. The van der Waals surface area contributed by atoms with Crippen molar-refractivity contribution in [3.05, 3.63) is 15.6 Å². The Kier molecular flexibility index (Phi) is 3.84. The van der Waals surface area contributed by atoms with E-state index in [4.69, 9.17) is 5.73 Å². The van der Waals surface area contributed by atoms with E-state index in [0.29, 0.717) is 13.0 Å². The number of aromatic nitrogens is 1. The summed E-state index contributed by atoms with van der Waals surface area (Å²) in [4.78, 5) is 5.40. The second-order valence-electron chi connectivity index (χ2n) is 3.12. The minimum Gasteiger partial charge on any atom is -0.387 e. The number of aliphatic hydroxyl groups excluding tert-OH is 1. The molecule has 0 saturated carbocycles. The van der Waals surface area contributed by atoms with Crippen LogP contribution in [0.4, 0.5) is 0 Å². The van der Waals surface area contributed by atoms with Crippen LogP contribution in [0.1, 0.15) is 34.5 Å². The number of aryl methyl sites for hydroxylation is 2. The summed E-state index contributed by atoms with van der Waals surface area (Å²) in [7, 11) is 0. The molecule has 1 unspecified atom stereocenters. The Morgan fingerprint density at radius 2 is 2.23 bits per heavy atom. The normalized spacial score (nSPS) is 13.2. The fourth-order valence-corrected chi connectivity index (χ4v) is 2.18. The van der Waals surface area contributed by atoms with Crippen LogP contribution in [0, 0.1) is 13.8 Å². The molecule has 0 saturated heterocycles. The van der Waals surface area contributed by atoms with E-state index in [9.17, 15) is 5.11 Å². The Hall–Kier alpha value is -0.450. The van der Waals surface area contributed by atoms with Crippen LogP contribution in [0.2, 0.25) is 0 Å². The zero-order valence-electron chi connectivity index (χ0n) is 8.08. The monoisotopic (exact) mass is 200 g/mol. The van der Waals surface area contributed by atoms with Crippen molar-refractivity contribution < 1.29 is 5.11 Å². The van der Waals surface area contributed by atoms with Crippen LogP contribution in [0.3, 0.4) is 0 Å². The molecule has 0 aliphatic rings. The quantitative estimate of drug-likeness (QED) is 0.775. The SMILES string of the molecule is Cc1nc(C(O)CCCN)c(C)s1. The summed E-state index contributed by atoms with van der Waals surface area (Å²) in [6.07, 6.45) is 1.12. The fraction of sp³-hybridized carbons (Fsp3) is 0.667. The van der Waals surface area contributed by atoms with Crippen molar-refractivity contribution in [2.45, 2.75) is 32.8 Å². The molecular weight excluding hydrogens is 184 g/mol. The van der Waals surface area contributed by atoms with E-state index in [1.807, 2.05) is 13.8 Å². The maximum Gasteiger partial charge on any atom is 0.0971 e. The highest BCUT2D eigenvalue weighted by Gasteiger charge is 2.13. The van der Waals surface area contributed by atoms with Crippen LogP contribution >= 0.6 is 11.3 Å². The molecular formula is C9H16N2OS. The molecule has 3 N–H and O–H groups in total. The largest absolute Gasteiger partial charge is 0.387 e. The van der Waals surface area contributed by atoms with E-state index in [2.05, 4.69) is 4.98 Å². The van der Waals surface area contributed by atoms with Gasteiger partial charge in [0, 0.05) is 4.88 Å². The number of hydrogen-bond acceptors (Lipinski definition) is 4. The van der Waals surface area contributed by atoms with Crippen molar-refractivity contribution in [2.24, 2.45) is 5.73 Å². The molecule has 1 aromatic heterocycles. The van der Waals surface area contributed by atoms with Crippen LogP contribution in [-0.2, 0) is 0 Å². The topological polar surface area (TPSA) is 59.1 Å². The van der Waals surface area contributed by atoms with Gasteiger partial charge in [0.25, 0.3) is 0 Å². The highest BCUT2D eigenvalue weighted by molar-refractivity contribution is 7.11. The first-order valence-electron chi connectivity index (χ1n) is 4.47. The maximum atomic E-state index is 9.73. The first kappa shape index (κ1) is 10.6. The number of hydrogen-bond donors (Lipinski definition) is 2. The van der Waals surface area contributed by atoms with Crippen molar-refractivity contribution in [3.8, 4) is 0 Å². The van der Waals surface area contributed by atoms with Gasteiger partial charge in [0.1, 0.15) is 0 Å². The van der Waals surface area contributed by atoms with Crippen molar-refractivity contribution >= 4 is 11.3 Å². The van der Waals surface area contributed by atoms with E-state index < -0.39 is 6.10 Å². The lowest BCUT2D eigenvalue weighted by atomic mass is 10.1. The molecule has 3 nitrogen and oxygen atoms in total. The molecule has 0 aromatic carbocycles. The van der Waals surface area contributed by atoms with Gasteiger partial charge in [-0.25, -0.2) is 4.98 Å². The Morgan fingerprint density at radius 1 is 1.54 bits per heavy atom. The van der Waals surface area contributed by atoms with Crippen molar-refractivity contribution in [1.82, 2.24) is 4.98 Å². The van der Waals surface area contributed by atoms with Crippen LogP contribution < -0.4 is 5.73 Å². The molecule has 0 amide bonds. The van der Waals surface area contributed by atoms with Gasteiger partial charge in [-0.2, -0.15) is 0 Å². The van der Waals surface area contributed by atoms with Gasteiger partial charge in [-0.05, 0) is 33.2 Å². The fourth-order valence-electron chi connectivity index (χ4n) is 1.30. The van der Waals surface area contributed by atoms with E-state index in [-0.39, 0.29) is 0 Å². The summed E-state index contributed by atoms with van der Waals surface area (Å²) < 4.78 is 0. The molecule has 0 bridgehead atoms. The summed E-state index contributed by atoms with van der Waals surface area (Å²) in [5.74, 6) is 0. The van der Waals surface area contributed by atoms with Gasteiger partial charge in [-0.15, -0.1) is 11.3 Å². The van der Waals surface area contributed by atoms with Crippen LogP contribution in [-0.4, -0.2) is 16.6 Å². The van der Waals surface area contributed by atoms with E-state index in [1.54, 1.807) is 11.3 Å². The van der Waals surface area contributed by atoms with Gasteiger partial charge < -0.3 is 10.8 Å². The van der Waals surface area contributed by atoms with E-state index in [0.717, 1.165) is 22.0 Å². The molecule has 0 aliphatic carbocycles. The Labute approximate surface area is 82.6 Å². The highest BCUT2D eigenvalue weighted by Crippen LogP contribution is 2.25. The predicted octanol–water partition coefficient (Wildman–Crippen LogP) is 1.53. The average molecular weight is 200 g/mol. The van der Waals surface area contributed by atoms with E-state index >= 15 is 0 Å². The molecule has 4 heteroatoms. The predicted molar refractivity (Wildman–Crippen MR) is 54.8 cm³/mol. The molecule has 1 heterocycles. The lowest BCUT2D eigenvalue weighted by molar-refractivity contribution is 0.160. The summed E-state index contributed by atoms with van der Waals surface area (Å²) in [5, 5.41) is 10.7. The zero-order chi connectivity index (χ0) is 9.84. The lowest BCUT2D eigenvalue weighted by Gasteiger charge is -2.07. The van der Waals surface area contributed by atoms with Crippen LogP contribution in [0.5, 0.6) is 0 Å².